The molecule has 3 heterocycles. The maximum absolute atomic E-state index is 14.1. The topological polar surface area (TPSA) is 70.5 Å². The summed E-state index contributed by atoms with van der Waals surface area (Å²) < 4.78 is 36.8. The zero-order valence-electron chi connectivity index (χ0n) is 15.1. The molecule has 1 aliphatic rings. The molecule has 1 aliphatic heterocycles. The van der Waals surface area contributed by atoms with Crippen molar-refractivity contribution < 1.29 is 22.7 Å². The highest BCUT2D eigenvalue weighted by Gasteiger charge is 2.25. The normalized spacial score (nSPS) is 15.7. The molecule has 29 heavy (non-hydrogen) atoms. The zero-order chi connectivity index (χ0) is 19.6. The van der Waals surface area contributed by atoms with Gasteiger partial charge < -0.3 is 18.3 Å². The first-order valence-corrected chi connectivity index (χ1v) is 9.89. The van der Waals surface area contributed by atoms with Crippen LogP contribution in [0.4, 0.5) is 4.39 Å². The van der Waals surface area contributed by atoms with Crippen LogP contribution in [-0.4, -0.2) is 10.2 Å². The van der Waals surface area contributed by atoms with Gasteiger partial charge in [-0.05, 0) is 24.3 Å². The third-order valence-electron chi connectivity index (χ3n) is 4.38. The van der Waals surface area contributed by atoms with Crippen molar-refractivity contribution in [2.45, 2.75) is 23.9 Å². The maximum Gasteiger partial charge on any atom is 0.284 e. The second-order valence-electron chi connectivity index (χ2n) is 6.36. The molecule has 0 N–H and O–H groups in total. The summed E-state index contributed by atoms with van der Waals surface area (Å²) in [7, 11) is 0. The number of thioether (sulfide) groups is 1. The Labute approximate surface area is 169 Å². The van der Waals surface area contributed by atoms with Gasteiger partial charge in [0.25, 0.3) is 11.1 Å². The fourth-order valence-corrected chi connectivity index (χ4v) is 3.80. The number of hydrogen-bond acceptors (Lipinski definition) is 7. The van der Waals surface area contributed by atoms with Gasteiger partial charge in [-0.1, -0.05) is 42.1 Å². The molecule has 0 unspecified atom stereocenters. The zero-order valence-corrected chi connectivity index (χ0v) is 15.9. The second kappa shape index (κ2) is 7.73. The molecule has 2 aromatic heterocycles. The summed E-state index contributed by atoms with van der Waals surface area (Å²) in [5.41, 5.74) is 2.28. The van der Waals surface area contributed by atoms with E-state index >= 15 is 0 Å². The number of hydrogen-bond donors (Lipinski definition) is 0. The predicted molar refractivity (Wildman–Crippen MR) is 103 cm³/mol. The van der Waals surface area contributed by atoms with Crippen LogP contribution in [0, 0.1) is 5.82 Å². The van der Waals surface area contributed by atoms with Crippen LogP contribution in [0.25, 0.3) is 11.7 Å². The summed E-state index contributed by atoms with van der Waals surface area (Å²) in [4.78, 5) is 0. The van der Waals surface area contributed by atoms with E-state index in [2.05, 4.69) is 10.2 Å². The third kappa shape index (κ3) is 3.76. The molecule has 0 saturated heterocycles. The van der Waals surface area contributed by atoms with Gasteiger partial charge >= 0.3 is 0 Å². The molecule has 6 nitrogen and oxygen atoms in total. The summed E-state index contributed by atoms with van der Waals surface area (Å²) in [5, 5.41) is 8.34. The summed E-state index contributed by atoms with van der Waals surface area (Å²) in [6, 6.07) is 16.0. The number of fused-ring (bicyclic) bond motifs is 1. The van der Waals surface area contributed by atoms with Crippen LogP contribution in [0.2, 0.25) is 0 Å². The molecule has 5 rings (SSSR count). The van der Waals surface area contributed by atoms with Gasteiger partial charge in [-0.15, -0.1) is 10.2 Å². The van der Waals surface area contributed by atoms with Gasteiger partial charge in [0.1, 0.15) is 11.6 Å². The lowest BCUT2D eigenvalue weighted by Gasteiger charge is -2.28. The Morgan fingerprint density at radius 2 is 1.97 bits per heavy atom. The molecule has 2 aromatic carbocycles. The van der Waals surface area contributed by atoms with Gasteiger partial charge in [-0.25, -0.2) is 4.39 Å². The van der Waals surface area contributed by atoms with Crippen LogP contribution in [0.1, 0.15) is 23.0 Å². The van der Waals surface area contributed by atoms with E-state index in [1.54, 1.807) is 12.1 Å². The minimum atomic E-state index is -0.535. The summed E-state index contributed by atoms with van der Waals surface area (Å²) in [6.45, 7) is 0.271. The van der Waals surface area contributed by atoms with Gasteiger partial charge in [0.15, 0.2) is 5.76 Å². The lowest BCUT2D eigenvalue weighted by atomic mass is 10.1. The van der Waals surface area contributed by atoms with E-state index in [0.29, 0.717) is 39.5 Å². The van der Waals surface area contributed by atoms with E-state index in [1.165, 1.54) is 30.2 Å². The molecule has 0 radical (unpaired) electrons. The smallest absolute Gasteiger partial charge is 0.284 e. The molecule has 8 heteroatoms. The van der Waals surface area contributed by atoms with Gasteiger partial charge in [0.05, 0.1) is 12.9 Å². The van der Waals surface area contributed by atoms with E-state index in [9.17, 15) is 4.39 Å². The average Bonchev–Trinajstić information content (AvgIpc) is 3.44. The Morgan fingerprint density at radius 1 is 1.07 bits per heavy atom. The number of ether oxygens (including phenoxy) is 2. The Balaban J connectivity index is 1.36. The van der Waals surface area contributed by atoms with E-state index in [1.807, 2.05) is 30.3 Å². The van der Waals surface area contributed by atoms with E-state index in [4.69, 9.17) is 18.3 Å². The van der Waals surface area contributed by atoms with Gasteiger partial charge in [-0.2, -0.15) is 0 Å². The lowest BCUT2D eigenvalue weighted by molar-refractivity contribution is -0.112. The van der Waals surface area contributed by atoms with Crippen molar-refractivity contribution in [2.24, 2.45) is 0 Å². The van der Waals surface area contributed by atoms with Crippen molar-refractivity contribution in [2.75, 3.05) is 0 Å². The number of furan rings is 1. The van der Waals surface area contributed by atoms with Crippen molar-refractivity contribution in [3.05, 3.63) is 83.4 Å². The number of nitrogens with zero attached hydrogens (tertiary/aromatic N) is 2. The number of benzene rings is 2. The Kier molecular flexibility index (Phi) is 4.79. The molecule has 1 atom stereocenters. The van der Waals surface area contributed by atoms with Crippen molar-refractivity contribution in [3.8, 4) is 17.4 Å². The quantitative estimate of drug-likeness (QED) is 0.410. The largest absolute Gasteiger partial charge is 0.460 e. The molecular weight excluding hydrogens is 395 g/mol. The minimum Gasteiger partial charge on any atom is -0.460 e. The van der Waals surface area contributed by atoms with Crippen LogP contribution < -0.4 is 4.74 Å². The second-order valence-corrected chi connectivity index (χ2v) is 7.29. The number of aromatic nitrogens is 2. The number of rotatable bonds is 5. The SMILES string of the molecule is Fc1cc2c(c(CSc3nnc(-c4ccco4)o3)c1)O[C@@H](c1ccccc1)OC2. The average molecular weight is 410 g/mol. The maximum atomic E-state index is 14.1. The Bertz CT molecular complexity index is 1120. The van der Waals surface area contributed by atoms with Crippen LogP contribution in [-0.2, 0) is 17.1 Å². The summed E-state index contributed by atoms with van der Waals surface area (Å²) >= 11 is 1.30. The van der Waals surface area contributed by atoms with Gasteiger partial charge in [0.2, 0.25) is 6.29 Å². The molecule has 0 aliphatic carbocycles. The van der Waals surface area contributed by atoms with Crippen LogP contribution >= 0.6 is 11.8 Å². The standard InChI is InChI=1S/C21H15FN2O4S/c22-16-9-14-11-26-20(13-5-2-1-3-6-13)27-18(14)15(10-16)12-29-21-24-23-19(28-21)17-7-4-8-25-17/h1-10,20H,11-12H2/t20-/m0/s1. The van der Waals surface area contributed by atoms with Crippen molar-refractivity contribution in [1.29, 1.82) is 0 Å². The summed E-state index contributed by atoms with van der Waals surface area (Å²) in [5.74, 6) is 1.49. The first-order chi connectivity index (χ1) is 14.3. The molecule has 0 saturated carbocycles. The minimum absolute atomic E-state index is 0.271. The fraction of sp³-hybridized carbons (Fsp3) is 0.143. The highest BCUT2D eigenvalue weighted by Crippen LogP contribution is 2.39. The van der Waals surface area contributed by atoms with Gasteiger partial charge in [0, 0.05) is 22.4 Å². The molecule has 0 amide bonds. The van der Waals surface area contributed by atoms with E-state index in [-0.39, 0.29) is 12.4 Å². The van der Waals surface area contributed by atoms with Gasteiger partial charge in [-0.3, -0.25) is 0 Å². The monoisotopic (exact) mass is 410 g/mol. The Hall–Kier alpha value is -3.10. The molecule has 4 aromatic rings. The predicted octanol–water partition coefficient (Wildman–Crippen LogP) is 5.37. The molecule has 146 valence electrons. The van der Waals surface area contributed by atoms with Crippen molar-refractivity contribution in [3.63, 3.8) is 0 Å². The van der Waals surface area contributed by atoms with E-state index < -0.39 is 6.29 Å². The highest BCUT2D eigenvalue weighted by molar-refractivity contribution is 7.98. The Morgan fingerprint density at radius 3 is 2.79 bits per heavy atom. The summed E-state index contributed by atoms with van der Waals surface area (Å²) in [6.07, 6.45) is 1.00. The first-order valence-electron chi connectivity index (χ1n) is 8.91. The van der Waals surface area contributed by atoms with Crippen molar-refractivity contribution >= 4 is 11.8 Å². The molecule has 0 fully saturated rings. The number of halogens is 1. The van der Waals surface area contributed by atoms with E-state index in [0.717, 1.165) is 5.56 Å². The van der Waals surface area contributed by atoms with Crippen LogP contribution in [0.3, 0.4) is 0 Å². The molecule has 0 spiro atoms. The van der Waals surface area contributed by atoms with Crippen LogP contribution in [0.15, 0.2) is 74.9 Å². The molecule has 0 bridgehead atoms. The molecular formula is C21H15FN2O4S. The van der Waals surface area contributed by atoms with Crippen LogP contribution in [0.5, 0.6) is 5.75 Å². The first kappa shape index (κ1) is 18.0. The fourth-order valence-electron chi connectivity index (χ4n) is 3.07. The highest BCUT2D eigenvalue weighted by atomic mass is 32.2. The lowest BCUT2D eigenvalue weighted by Crippen LogP contribution is -2.19. The third-order valence-corrected chi connectivity index (χ3v) is 5.25. The van der Waals surface area contributed by atoms with Crippen molar-refractivity contribution in [1.82, 2.24) is 10.2 Å².